The molecule has 1 aliphatic rings. The lowest BCUT2D eigenvalue weighted by Gasteiger charge is -2.15. The number of hydrogen-bond donors (Lipinski definition) is 1. The van der Waals surface area contributed by atoms with Crippen molar-refractivity contribution < 1.29 is 17.9 Å². The molecule has 1 atom stereocenters. The van der Waals surface area contributed by atoms with Gasteiger partial charge in [0.15, 0.2) is 0 Å². The highest BCUT2D eigenvalue weighted by Gasteiger charge is 2.31. The molecule has 1 aromatic carbocycles. The van der Waals surface area contributed by atoms with Crippen molar-refractivity contribution in [2.45, 2.75) is 31.7 Å². The molecule has 0 aromatic heterocycles. The number of nitrogens with one attached hydrogen (secondary N) is 1. The molecule has 1 aromatic rings. The Labute approximate surface area is 104 Å². The van der Waals surface area contributed by atoms with Crippen molar-refractivity contribution in [3.05, 3.63) is 29.8 Å². The van der Waals surface area contributed by atoms with Crippen LogP contribution >= 0.6 is 0 Å². The smallest absolute Gasteiger partial charge is 0.406 e. The monoisotopic (exact) mass is 259 g/mol. The van der Waals surface area contributed by atoms with Gasteiger partial charge >= 0.3 is 6.36 Å². The van der Waals surface area contributed by atoms with Gasteiger partial charge in [0.1, 0.15) is 5.75 Å². The number of benzene rings is 1. The van der Waals surface area contributed by atoms with Crippen LogP contribution in [0.5, 0.6) is 5.75 Å². The summed E-state index contributed by atoms with van der Waals surface area (Å²) in [5.41, 5.74) is 1.02. The Morgan fingerprint density at radius 2 is 1.89 bits per heavy atom. The lowest BCUT2D eigenvalue weighted by molar-refractivity contribution is -0.274. The second kappa shape index (κ2) is 5.18. The topological polar surface area (TPSA) is 21.3 Å². The Hall–Kier alpha value is -1.23. The zero-order valence-electron chi connectivity index (χ0n) is 10.1. The van der Waals surface area contributed by atoms with Crippen LogP contribution < -0.4 is 10.1 Å². The fourth-order valence-corrected chi connectivity index (χ4v) is 2.08. The van der Waals surface area contributed by atoms with Gasteiger partial charge in [-0.2, -0.15) is 0 Å². The van der Waals surface area contributed by atoms with Gasteiger partial charge < -0.3 is 10.1 Å². The summed E-state index contributed by atoms with van der Waals surface area (Å²) in [5, 5.41) is 3.25. The Morgan fingerprint density at radius 3 is 2.33 bits per heavy atom. The molecule has 0 bridgehead atoms. The number of hydrogen-bond acceptors (Lipinski definition) is 2. The van der Waals surface area contributed by atoms with Gasteiger partial charge in [-0.15, -0.1) is 13.2 Å². The van der Waals surface area contributed by atoms with Crippen LogP contribution in [0.3, 0.4) is 0 Å². The number of alkyl halides is 3. The van der Waals surface area contributed by atoms with E-state index >= 15 is 0 Å². The van der Waals surface area contributed by atoms with Crippen LogP contribution in [-0.4, -0.2) is 19.5 Å². The van der Waals surface area contributed by atoms with E-state index in [0.717, 1.165) is 12.0 Å². The van der Waals surface area contributed by atoms with Crippen LogP contribution in [0.1, 0.15) is 18.4 Å². The Kier molecular flexibility index (Phi) is 3.80. The summed E-state index contributed by atoms with van der Waals surface area (Å²) in [6.45, 7) is 0. The predicted molar refractivity (Wildman–Crippen MR) is 62.4 cm³/mol. The van der Waals surface area contributed by atoms with Crippen molar-refractivity contribution in [2.24, 2.45) is 5.92 Å². The van der Waals surface area contributed by atoms with Crippen molar-refractivity contribution in [1.82, 2.24) is 5.32 Å². The van der Waals surface area contributed by atoms with E-state index in [2.05, 4.69) is 10.1 Å². The fraction of sp³-hybridized carbons (Fsp3) is 0.538. The van der Waals surface area contributed by atoms with E-state index in [4.69, 9.17) is 0 Å². The molecule has 1 N–H and O–H groups in total. The first-order valence-electron chi connectivity index (χ1n) is 6.00. The summed E-state index contributed by atoms with van der Waals surface area (Å²) >= 11 is 0. The number of halogens is 3. The van der Waals surface area contributed by atoms with Gasteiger partial charge in [-0.05, 0) is 49.9 Å². The zero-order chi connectivity index (χ0) is 13.2. The molecule has 1 saturated carbocycles. The minimum absolute atomic E-state index is 0.168. The van der Waals surface area contributed by atoms with E-state index < -0.39 is 6.36 Å². The molecule has 1 aliphatic carbocycles. The molecule has 0 amide bonds. The summed E-state index contributed by atoms with van der Waals surface area (Å²) in [6.07, 6.45) is -1.31. The number of likely N-dealkylation sites (N-methyl/N-ethyl adjacent to an activating group) is 1. The van der Waals surface area contributed by atoms with Crippen LogP contribution in [0.25, 0.3) is 0 Å². The first-order chi connectivity index (χ1) is 8.48. The number of ether oxygens (including phenoxy) is 1. The summed E-state index contributed by atoms with van der Waals surface area (Å²) < 4.78 is 39.8. The number of rotatable bonds is 5. The van der Waals surface area contributed by atoms with Gasteiger partial charge in [-0.3, -0.25) is 0 Å². The van der Waals surface area contributed by atoms with Crippen molar-refractivity contribution in [2.75, 3.05) is 7.05 Å². The van der Waals surface area contributed by atoms with Crippen molar-refractivity contribution in [1.29, 1.82) is 0 Å². The van der Waals surface area contributed by atoms with E-state index in [1.165, 1.54) is 25.0 Å². The molecule has 2 nitrogen and oxygen atoms in total. The second-order valence-electron chi connectivity index (χ2n) is 4.63. The quantitative estimate of drug-likeness (QED) is 0.877. The molecule has 0 spiro atoms. The largest absolute Gasteiger partial charge is 0.573 e. The SMILES string of the molecule is CNC(Cc1ccc(OC(F)(F)F)cc1)C1CC1. The van der Waals surface area contributed by atoms with Crippen LogP contribution in [0.2, 0.25) is 0 Å². The molecule has 18 heavy (non-hydrogen) atoms. The Balaban J connectivity index is 1.94. The third-order valence-electron chi connectivity index (χ3n) is 3.17. The highest BCUT2D eigenvalue weighted by atomic mass is 19.4. The summed E-state index contributed by atoms with van der Waals surface area (Å²) in [6, 6.07) is 6.52. The van der Waals surface area contributed by atoms with Crippen LogP contribution in [0, 0.1) is 5.92 Å². The molecule has 5 heteroatoms. The average Bonchev–Trinajstić information content (AvgIpc) is 3.10. The van der Waals surface area contributed by atoms with Crippen LogP contribution in [-0.2, 0) is 6.42 Å². The minimum atomic E-state index is -4.62. The standard InChI is InChI=1S/C13H16F3NO/c1-17-12(10-4-5-10)8-9-2-6-11(7-3-9)18-13(14,15)16/h2-3,6-7,10,12,17H,4-5,8H2,1H3. The highest BCUT2D eigenvalue weighted by molar-refractivity contribution is 5.28. The van der Waals surface area contributed by atoms with Gasteiger partial charge in [0.25, 0.3) is 0 Å². The predicted octanol–water partition coefficient (Wildman–Crippen LogP) is 3.13. The highest BCUT2D eigenvalue weighted by Crippen LogP contribution is 2.34. The van der Waals surface area contributed by atoms with Crippen molar-refractivity contribution in [3.8, 4) is 5.75 Å². The molecule has 1 unspecified atom stereocenters. The minimum Gasteiger partial charge on any atom is -0.406 e. The maximum Gasteiger partial charge on any atom is 0.573 e. The maximum atomic E-state index is 12.0. The van der Waals surface area contributed by atoms with Gasteiger partial charge in [0.05, 0.1) is 0 Å². The summed E-state index contributed by atoms with van der Waals surface area (Å²) in [4.78, 5) is 0. The first-order valence-corrected chi connectivity index (χ1v) is 6.00. The van der Waals surface area contributed by atoms with Gasteiger partial charge in [0.2, 0.25) is 0 Å². The molecule has 0 radical (unpaired) electrons. The van der Waals surface area contributed by atoms with Crippen LogP contribution in [0.4, 0.5) is 13.2 Å². The lowest BCUT2D eigenvalue weighted by atomic mass is 10.0. The molecule has 0 heterocycles. The molecule has 100 valence electrons. The molecule has 1 fully saturated rings. The van der Waals surface area contributed by atoms with Gasteiger partial charge in [-0.1, -0.05) is 12.1 Å². The molecule has 2 rings (SSSR count). The average molecular weight is 259 g/mol. The lowest BCUT2D eigenvalue weighted by Crippen LogP contribution is -2.29. The second-order valence-corrected chi connectivity index (χ2v) is 4.63. The van der Waals surface area contributed by atoms with Crippen molar-refractivity contribution >= 4 is 0 Å². The molecular formula is C13H16F3NO. The van der Waals surface area contributed by atoms with Crippen molar-refractivity contribution in [3.63, 3.8) is 0 Å². The normalized spacial score (nSPS) is 17.6. The van der Waals surface area contributed by atoms with E-state index in [-0.39, 0.29) is 5.75 Å². The molecule has 0 aliphatic heterocycles. The van der Waals surface area contributed by atoms with E-state index in [1.807, 2.05) is 7.05 Å². The molecular weight excluding hydrogens is 243 g/mol. The summed E-state index contributed by atoms with van der Waals surface area (Å²) in [7, 11) is 1.92. The van der Waals surface area contributed by atoms with E-state index in [1.54, 1.807) is 12.1 Å². The zero-order valence-corrected chi connectivity index (χ0v) is 10.1. The Morgan fingerprint density at radius 1 is 1.28 bits per heavy atom. The Bertz CT molecular complexity index is 384. The van der Waals surface area contributed by atoms with Gasteiger partial charge in [-0.25, -0.2) is 0 Å². The fourth-order valence-electron chi connectivity index (χ4n) is 2.08. The molecule has 0 saturated heterocycles. The first kappa shape index (κ1) is 13.2. The van der Waals surface area contributed by atoms with E-state index in [0.29, 0.717) is 12.0 Å². The van der Waals surface area contributed by atoms with E-state index in [9.17, 15) is 13.2 Å². The van der Waals surface area contributed by atoms with Gasteiger partial charge in [0, 0.05) is 6.04 Å². The third-order valence-corrected chi connectivity index (χ3v) is 3.17. The third kappa shape index (κ3) is 3.91. The summed E-state index contributed by atoms with van der Waals surface area (Å²) in [5.74, 6) is 0.541. The van der Waals surface area contributed by atoms with Crippen LogP contribution in [0.15, 0.2) is 24.3 Å². The maximum absolute atomic E-state index is 12.0.